The third kappa shape index (κ3) is 3.01. The van der Waals surface area contributed by atoms with Crippen molar-refractivity contribution in [1.29, 1.82) is 0 Å². The zero-order valence-electron chi connectivity index (χ0n) is 12.8. The van der Waals surface area contributed by atoms with Crippen LogP contribution in [0.1, 0.15) is 11.4 Å². The van der Waals surface area contributed by atoms with Gasteiger partial charge in [-0.05, 0) is 29.8 Å². The lowest BCUT2D eigenvalue weighted by Gasteiger charge is -2.05. The van der Waals surface area contributed by atoms with E-state index >= 15 is 0 Å². The van der Waals surface area contributed by atoms with Crippen molar-refractivity contribution >= 4 is 34.2 Å². The van der Waals surface area contributed by atoms with Gasteiger partial charge in [-0.25, -0.2) is 9.97 Å². The summed E-state index contributed by atoms with van der Waals surface area (Å²) in [5.74, 6) is 0.930. The van der Waals surface area contributed by atoms with Gasteiger partial charge in [-0.2, -0.15) is 9.78 Å². The Bertz CT molecular complexity index is 1140. The van der Waals surface area contributed by atoms with Gasteiger partial charge in [0.1, 0.15) is 11.2 Å². The molecule has 0 saturated carbocycles. The van der Waals surface area contributed by atoms with Crippen LogP contribution in [-0.2, 0) is 6.42 Å². The first kappa shape index (κ1) is 15.8. The molecule has 0 unspecified atom stereocenters. The van der Waals surface area contributed by atoms with E-state index in [4.69, 9.17) is 23.2 Å². The third-order valence-corrected chi connectivity index (χ3v) is 4.22. The predicted octanol–water partition coefficient (Wildman–Crippen LogP) is 3.40. The molecular formula is C17H11Cl2N5O. The molecule has 0 aliphatic heterocycles. The van der Waals surface area contributed by atoms with Gasteiger partial charge in [0.25, 0.3) is 5.56 Å². The van der Waals surface area contributed by atoms with Gasteiger partial charge in [0.15, 0.2) is 11.5 Å². The monoisotopic (exact) mass is 371 g/mol. The number of hydrogen-bond acceptors (Lipinski definition) is 4. The number of halogens is 2. The lowest BCUT2D eigenvalue weighted by molar-refractivity contribution is 0.852. The van der Waals surface area contributed by atoms with Crippen molar-refractivity contribution in [1.82, 2.24) is 24.7 Å². The van der Waals surface area contributed by atoms with E-state index in [-0.39, 0.29) is 5.56 Å². The minimum atomic E-state index is -0.264. The SMILES string of the molecule is O=c1[nH]c(Cc2cccc(Cl)c2)nc2c1cnn2-c1ncccc1Cl. The summed E-state index contributed by atoms with van der Waals surface area (Å²) in [4.78, 5) is 23.9. The van der Waals surface area contributed by atoms with Crippen LogP contribution in [0.4, 0.5) is 0 Å². The van der Waals surface area contributed by atoms with Crippen molar-refractivity contribution < 1.29 is 0 Å². The van der Waals surface area contributed by atoms with Crippen molar-refractivity contribution in [3.05, 3.63) is 80.6 Å². The Morgan fingerprint density at radius 1 is 1.16 bits per heavy atom. The van der Waals surface area contributed by atoms with Crippen molar-refractivity contribution in [3.8, 4) is 5.82 Å². The van der Waals surface area contributed by atoms with E-state index in [0.717, 1.165) is 5.56 Å². The van der Waals surface area contributed by atoms with E-state index in [1.54, 1.807) is 24.4 Å². The molecule has 0 bridgehead atoms. The van der Waals surface area contributed by atoms with E-state index in [2.05, 4.69) is 20.1 Å². The fraction of sp³-hybridized carbons (Fsp3) is 0.0588. The average Bonchev–Trinajstić information content (AvgIpc) is 2.99. The quantitative estimate of drug-likeness (QED) is 0.598. The van der Waals surface area contributed by atoms with E-state index in [9.17, 15) is 4.79 Å². The number of nitrogens with one attached hydrogen (secondary N) is 1. The molecule has 0 fully saturated rings. The first-order chi connectivity index (χ1) is 12.1. The van der Waals surface area contributed by atoms with Crippen LogP contribution in [0, 0.1) is 0 Å². The standard InChI is InChI=1S/C17H11Cl2N5O/c18-11-4-1-3-10(7-11)8-14-22-15-12(17(25)23-14)9-21-24(15)16-13(19)5-2-6-20-16/h1-7,9H,8H2,(H,22,23,25). The Labute approximate surface area is 152 Å². The van der Waals surface area contributed by atoms with Crippen LogP contribution in [0.5, 0.6) is 0 Å². The highest BCUT2D eigenvalue weighted by molar-refractivity contribution is 6.32. The molecule has 0 atom stereocenters. The summed E-state index contributed by atoms with van der Waals surface area (Å²) in [5.41, 5.74) is 1.08. The zero-order valence-corrected chi connectivity index (χ0v) is 14.3. The lowest BCUT2D eigenvalue weighted by Crippen LogP contribution is -2.13. The summed E-state index contributed by atoms with van der Waals surface area (Å²) in [6.07, 6.45) is 3.50. The summed E-state index contributed by atoms with van der Waals surface area (Å²) in [6.45, 7) is 0. The van der Waals surface area contributed by atoms with Gasteiger partial charge in [-0.3, -0.25) is 4.79 Å². The molecule has 25 heavy (non-hydrogen) atoms. The van der Waals surface area contributed by atoms with Crippen LogP contribution in [-0.4, -0.2) is 24.7 Å². The van der Waals surface area contributed by atoms with Crippen LogP contribution in [0.25, 0.3) is 16.9 Å². The number of aromatic amines is 1. The maximum atomic E-state index is 12.4. The summed E-state index contributed by atoms with van der Waals surface area (Å²) in [6, 6.07) is 10.8. The van der Waals surface area contributed by atoms with Crippen molar-refractivity contribution in [2.24, 2.45) is 0 Å². The van der Waals surface area contributed by atoms with Crippen LogP contribution >= 0.6 is 23.2 Å². The molecule has 0 aliphatic rings. The normalized spacial score (nSPS) is 11.1. The summed E-state index contributed by atoms with van der Waals surface area (Å²) in [5, 5.41) is 5.64. The van der Waals surface area contributed by atoms with Gasteiger partial charge >= 0.3 is 0 Å². The van der Waals surface area contributed by atoms with Crippen molar-refractivity contribution in [3.63, 3.8) is 0 Å². The molecule has 1 aromatic carbocycles. The summed E-state index contributed by atoms with van der Waals surface area (Å²) in [7, 11) is 0. The smallest absolute Gasteiger partial charge is 0.262 e. The third-order valence-electron chi connectivity index (χ3n) is 3.69. The Kier molecular flexibility index (Phi) is 3.99. The topological polar surface area (TPSA) is 76.5 Å². The van der Waals surface area contributed by atoms with Gasteiger partial charge in [0.2, 0.25) is 0 Å². The molecule has 0 amide bonds. The number of hydrogen-bond donors (Lipinski definition) is 1. The molecular weight excluding hydrogens is 361 g/mol. The number of nitrogens with zero attached hydrogens (tertiary/aromatic N) is 4. The minimum Gasteiger partial charge on any atom is -0.310 e. The fourth-order valence-corrected chi connectivity index (χ4v) is 2.99. The maximum absolute atomic E-state index is 12.4. The second-order valence-electron chi connectivity index (χ2n) is 5.42. The highest BCUT2D eigenvalue weighted by Gasteiger charge is 2.14. The van der Waals surface area contributed by atoms with Crippen molar-refractivity contribution in [2.75, 3.05) is 0 Å². The number of aromatic nitrogens is 5. The molecule has 6 nitrogen and oxygen atoms in total. The molecule has 3 aromatic heterocycles. The Morgan fingerprint density at radius 3 is 2.84 bits per heavy atom. The van der Waals surface area contributed by atoms with Gasteiger partial charge in [0, 0.05) is 17.6 Å². The first-order valence-electron chi connectivity index (χ1n) is 7.44. The van der Waals surface area contributed by atoms with E-state index in [1.165, 1.54) is 10.9 Å². The Balaban J connectivity index is 1.84. The number of fused-ring (bicyclic) bond motifs is 1. The lowest BCUT2D eigenvalue weighted by atomic mass is 10.1. The maximum Gasteiger partial charge on any atom is 0.262 e. The molecule has 4 rings (SSSR count). The van der Waals surface area contributed by atoms with Crippen LogP contribution in [0.3, 0.4) is 0 Å². The summed E-state index contributed by atoms with van der Waals surface area (Å²) >= 11 is 12.2. The molecule has 124 valence electrons. The Morgan fingerprint density at radius 2 is 2.04 bits per heavy atom. The van der Waals surface area contributed by atoms with Crippen LogP contribution < -0.4 is 5.56 Å². The van der Waals surface area contributed by atoms with Gasteiger partial charge in [-0.15, -0.1) is 0 Å². The van der Waals surface area contributed by atoms with Gasteiger partial charge < -0.3 is 4.98 Å². The second-order valence-corrected chi connectivity index (χ2v) is 6.27. The summed E-state index contributed by atoms with van der Waals surface area (Å²) < 4.78 is 1.47. The number of H-pyrrole nitrogens is 1. The number of benzene rings is 1. The number of pyridine rings is 1. The highest BCUT2D eigenvalue weighted by atomic mass is 35.5. The van der Waals surface area contributed by atoms with Crippen LogP contribution in [0.2, 0.25) is 10.0 Å². The molecule has 4 aromatic rings. The first-order valence-corrected chi connectivity index (χ1v) is 8.19. The number of rotatable bonds is 3. The molecule has 0 radical (unpaired) electrons. The second kappa shape index (κ2) is 6.31. The zero-order chi connectivity index (χ0) is 17.4. The molecule has 8 heteroatoms. The molecule has 0 spiro atoms. The molecule has 0 saturated heterocycles. The largest absolute Gasteiger partial charge is 0.310 e. The van der Waals surface area contributed by atoms with Crippen LogP contribution in [0.15, 0.2) is 53.6 Å². The van der Waals surface area contributed by atoms with Gasteiger partial charge in [0.05, 0.1) is 11.2 Å². The molecule has 1 N–H and O–H groups in total. The van der Waals surface area contributed by atoms with E-state index in [1.807, 2.05) is 18.2 Å². The van der Waals surface area contributed by atoms with Gasteiger partial charge in [-0.1, -0.05) is 35.3 Å². The average molecular weight is 372 g/mol. The molecule has 3 heterocycles. The van der Waals surface area contributed by atoms with E-state index in [0.29, 0.717) is 39.1 Å². The minimum absolute atomic E-state index is 0.264. The predicted molar refractivity (Wildman–Crippen MR) is 96.5 cm³/mol. The van der Waals surface area contributed by atoms with Crippen molar-refractivity contribution in [2.45, 2.75) is 6.42 Å². The fourth-order valence-electron chi connectivity index (χ4n) is 2.58. The molecule has 0 aliphatic carbocycles. The Hall–Kier alpha value is -2.70. The highest BCUT2D eigenvalue weighted by Crippen LogP contribution is 2.20. The van der Waals surface area contributed by atoms with E-state index < -0.39 is 0 Å².